The number of anilines is 1. The molecule has 1 N–H and O–H groups in total. The van der Waals surface area contributed by atoms with E-state index in [1.807, 2.05) is 32.1 Å². The maximum absolute atomic E-state index is 13.2. The van der Waals surface area contributed by atoms with Crippen LogP contribution in [0.25, 0.3) is 6.08 Å². The summed E-state index contributed by atoms with van der Waals surface area (Å²) < 4.78 is 2.17. The maximum Gasteiger partial charge on any atom is 0.265 e. The summed E-state index contributed by atoms with van der Waals surface area (Å²) in [5.41, 5.74) is 4.00. The van der Waals surface area contributed by atoms with E-state index in [4.69, 9.17) is 5.26 Å². The van der Waals surface area contributed by atoms with Crippen LogP contribution in [0.2, 0.25) is 0 Å². The van der Waals surface area contributed by atoms with Crippen LogP contribution in [-0.4, -0.2) is 39.0 Å². The minimum atomic E-state index is -0.674. The summed E-state index contributed by atoms with van der Waals surface area (Å²) in [5, 5.41) is 21.4. The lowest BCUT2D eigenvalue weighted by atomic mass is 10.1. The molecule has 0 saturated carbocycles. The monoisotopic (exact) mass is 447 g/mol. The third-order valence-electron chi connectivity index (χ3n) is 5.44. The number of hydrogen-bond donors (Lipinski definition) is 1. The molecule has 2 heterocycles. The number of rotatable bonds is 6. The van der Waals surface area contributed by atoms with Crippen molar-refractivity contribution >= 4 is 35.3 Å². The van der Waals surface area contributed by atoms with Gasteiger partial charge in [-0.1, -0.05) is 6.92 Å². The van der Waals surface area contributed by atoms with Gasteiger partial charge in [-0.25, -0.2) is 0 Å². The summed E-state index contributed by atoms with van der Waals surface area (Å²) in [6.45, 7) is 6.97. The van der Waals surface area contributed by atoms with Gasteiger partial charge in [0.2, 0.25) is 5.91 Å². The van der Waals surface area contributed by atoms with Gasteiger partial charge in [0, 0.05) is 29.4 Å². The molecule has 2 amide bonds. The molecule has 0 radical (unpaired) electrons. The van der Waals surface area contributed by atoms with Crippen LogP contribution in [0.5, 0.6) is 0 Å². The van der Waals surface area contributed by atoms with Gasteiger partial charge in [0.05, 0.1) is 17.5 Å². The number of benzene rings is 1. The summed E-state index contributed by atoms with van der Waals surface area (Å²) in [4.78, 5) is 27.4. The lowest BCUT2D eigenvalue weighted by Crippen LogP contribution is -2.45. The number of amides is 2. The van der Waals surface area contributed by atoms with Gasteiger partial charge in [-0.2, -0.15) is 10.5 Å². The van der Waals surface area contributed by atoms with Gasteiger partial charge in [-0.15, -0.1) is 11.8 Å². The molecule has 164 valence electrons. The first-order valence-corrected chi connectivity index (χ1v) is 11.5. The average Bonchev–Trinajstić information content (AvgIpc) is 3.38. The lowest BCUT2D eigenvalue weighted by Gasteiger charge is -2.22. The van der Waals surface area contributed by atoms with Crippen molar-refractivity contribution in [1.29, 1.82) is 10.5 Å². The Bertz CT molecular complexity index is 1130. The highest BCUT2D eigenvalue weighted by molar-refractivity contribution is 7.99. The molecule has 0 aliphatic carbocycles. The minimum absolute atomic E-state index is 0.0143. The molecule has 3 rings (SSSR count). The number of carbonyl (C=O) groups excluding carboxylic acids is 2. The standard InChI is InChI=1S/C24H25N5O2S/c1-4-9-28-16(2)10-19(17(28)3)11-20(13-26)24(31)29-15-32-14-22(29)23(30)27-21-7-5-18(12-25)6-8-21/h5-8,10-11,22H,4,9,14-15H2,1-3H3,(H,27,30)/b20-11-. The van der Waals surface area contributed by atoms with Crippen molar-refractivity contribution in [2.45, 2.75) is 39.8 Å². The molecule has 1 aliphatic rings. The second-order valence-electron chi connectivity index (χ2n) is 7.62. The smallest absolute Gasteiger partial charge is 0.265 e. The Balaban J connectivity index is 1.79. The number of aryl methyl sites for hydroxylation is 1. The van der Waals surface area contributed by atoms with Gasteiger partial charge in [0.25, 0.3) is 5.91 Å². The highest BCUT2D eigenvalue weighted by Crippen LogP contribution is 2.26. The Morgan fingerprint density at radius 1 is 1.25 bits per heavy atom. The van der Waals surface area contributed by atoms with E-state index in [2.05, 4.69) is 16.8 Å². The summed E-state index contributed by atoms with van der Waals surface area (Å²) >= 11 is 1.47. The number of hydrogen-bond acceptors (Lipinski definition) is 5. The van der Waals surface area contributed by atoms with Gasteiger partial charge in [0.1, 0.15) is 17.7 Å². The average molecular weight is 448 g/mol. The van der Waals surface area contributed by atoms with Gasteiger partial charge >= 0.3 is 0 Å². The van der Waals surface area contributed by atoms with Gasteiger partial charge in [0.15, 0.2) is 0 Å². The number of nitriles is 2. The van der Waals surface area contributed by atoms with E-state index >= 15 is 0 Å². The fourth-order valence-corrected chi connectivity index (χ4v) is 4.86. The summed E-state index contributed by atoms with van der Waals surface area (Å²) in [6, 6.07) is 11.9. The van der Waals surface area contributed by atoms with Crippen LogP contribution in [-0.2, 0) is 16.1 Å². The molecule has 1 aromatic heterocycles. The van der Waals surface area contributed by atoms with E-state index in [-0.39, 0.29) is 11.5 Å². The summed E-state index contributed by atoms with van der Waals surface area (Å²) in [6.07, 6.45) is 2.61. The highest BCUT2D eigenvalue weighted by Gasteiger charge is 2.36. The van der Waals surface area contributed by atoms with Crippen molar-refractivity contribution in [2.24, 2.45) is 0 Å². The van der Waals surface area contributed by atoms with Crippen LogP contribution in [0, 0.1) is 36.5 Å². The normalized spacial score (nSPS) is 15.8. The molecule has 1 saturated heterocycles. The lowest BCUT2D eigenvalue weighted by molar-refractivity contribution is -0.132. The zero-order chi connectivity index (χ0) is 23.3. The highest BCUT2D eigenvalue weighted by atomic mass is 32.2. The van der Waals surface area contributed by atoms with Gasteiger partial charge in [-0.3, -0.25) is 9.59 Å². The fourth-order valence-electron chi connectivity index (χ4n) is 3.71. The molecular formula is C24H25N5O2S. The SMILES string of the molecule is CCCn1c(C)cc(/C=C(/C#N)C(=O)N2CSCC2C(=O)Nc2ccc(C#N)cc2)c1C. The van der Waals surface area contributed by atoms with Gasteiger partial charge < -0.3 is 14.8 Å². The zero-order valence-electron chi connectivity index (χ0n) is 18.4. The van der Waals surface area contributed by atoms with Crippen molar-refractivity contribution in [2.75, 3.05) is 16.9 Å². The molecule has 1 aliphatic heterocycles. The number of thioether (sulfide) groups is 1. The van der Waals surface area contributed by atoms with E-state index in [9.17, 15) is 14.9 Å². The first-order valence-electron chi connectivity index (χ1n) is 10.4. The van der Waals surface area contributed by atoms with E-state index in [1.54, 1.807) is 30.3 Å². The van der Waals surface area contributed by atoms with Crippen molar-refractivity contribution in [1.82, 2.24) is 9.47 Å². The second kappa shape index (κ2) is 10.2. The number of nitrogens with one attached hydrogen (secondary N) is 1. The largest absolute Gasteiger partial charge is 0.349 e. The van der Waals surface area contributed by atoms with E-state index in [0.29, 0.717) is 22.9 Å². The molecular weight excluding hydrogens is 422 g/mol. The van der Waals surface area contributed by atoms with E-state index in [1.165, 1.54) is 16.7 Å². The zero-order valence-corrected chi connectivity index (χ0v) is 19.2. The van der Waals surface area contributed by atoms with Crippen LogP contribution in [0.1, 0.15) is 35.9 Å². The van der Waals surface area contributed by atoms with Crippen molar-refractivity contribution in [3.63, 3.8) is 0 Å². The Kier molecular flexibility index (Phi) is 7.40. The van der Waals surface area contributed by atoms with Crippen LogP contribution < -0.4 is 5.32 Å². The predicted octanol–water partition coefficient (Wildman–Crippen LogP) is 3.83. The van der Waals surface area contributed by atoms with Crippen LogP contribution in [0.3, 0.4) is 0 Å². The Morgan fingerprint density at radius 3 is 2.59 bits per heavy atom. The first-order chi connectivity index (χ1) is 15.4. The van der Waals surface area contributed by atoms with Crippen LogP contribution >= 0.6 is 11.8 Å². The number of carbonyl (C=O) groups is 2. The minimum Gasteiger partial charge on any atom is -0.349 e. The molecule has 1 fully saturated rings. The molecule has 0 bridgehead atoms. The third-order valence-corrected chi connectivity index (χ3v) is 6.45. The molecule has 0 spiro atoms. The van der Waals surface area contributed by atoms with Crippen molar-refractivity contribution < 1.29 is 9.59 Å². The molecule has 1 aromatic carbocycles. The Hall–Kier alpha value is -3.49. The fraction of sp³-hybridized carbons (Fsp3) is 0.333. The third kappa shape index (κ3) is 4.87. The Morgan fingerprint density at radius 2 is 1.97 bits per heavy atom. The van der Waals surface area contributed by atoms with Crippen LogP contribution in [0.15, 0.2) is 35.9 Å². The van der Waals surface area contributed by atoms with E-state index in [0.717, 1.165) is 29.9 Å². The molecule has 1 atom stereocenters. The molecule has 1 unspecified atom stereocenters. The van der Waals surface area contributed by atoms with Crippen LogP contribution in [0.4, 0.5) is 5.69 Å². The maximum atomic E-state index is 13.2. The quantitative estimate of drug-likeness (QED) is 0.536. The van der Waals surface area contributed by atoms with Crippen molar-refractivity contribution in [3.8, 4) is 12.1 Å². The second-order valence-corrected chi connectivity index (χ2v) is 8.62. The first kappa shape index (κ1) is 23.2. The van der Waals surface area contributed by atoms with Crippen molar-refractivity contribution in [3.05, 3.63) is 58.4 Å². The summed E-state index contributed by atoms with van der Waals surface area (Å²) in [7, 11) is 0. The van der Waals surface area contributed by atoms with Gasteiger partial charge in [-0.05, 0) is 62.2 Å². The summed E-state index contributed by atoms with van der Waals surface area (Å²) in [5.74, 6) is 0.0414. The Labute approximate surface area is 192 Å². The topological polar surface area (TPSA) is 102 Å². The molecule has 2 aromatic rings. The molecule has 7 nitrogen and oxygen atoms in total. The predicted molar refractivity (Wildman–Crippen MR) is 126 cm³/mol. The number of aromatic nitrogens is 1. The van der Waals surface area contributed by atoms with E-state index < -0.39 is 11.9 Å². The number of nitrogens with zero attached hydrogens (tertiary/aromatic N) is 4. The molecule has 32 heavy (non-hydrogen) atoms. The molecule has 8 heteroatoms.